The number of aromatic amines is 1. The fourth-order valence-electron chi connectivity index (χ4n) is 5.78. The minimum Gasteiger partial charge on any atom is -0.473 e. The molecule has 3 atom stereocenters. The van der Waals surface area contributed by atoms with Crippen LogP contribution >= 0.6 is 28.4 Å². The topological polar surface area (TPSA) is 119 Å². The summed E-state index contributed by atoms with van der Waals surface area (Å²) in [5.41, 5.74) is 5.47. The van der Waals surface area contributed by atoms with Crippen LogP contribution in [0.5, 0.6) is 5.88 Å². The maximum absolute atomic E-state index is 13.1. The second kappa shape index (κ2) is 10.2. The average Bonchev–Trinajstić information content (AvgIpc) is 3.63. The molecule has 6 heterocycles. The van der Waals surface area contributed by atoms with Crippen LogP contribution in [0, 0.1) is 6.92 Å². The van der Waals surface area contributed by atoms with Gasteiger partial charge in [-0.15, -0.1) is 0 Å². The molecule has 2 N–H and O–H groups in total. The van der Waals surface area contributed by atoms with Crippen LogP contribution in [0.4, 0.5) is 0 Å². The second-order valence-electron chi connectivity index (χ2n) is 9.87. The molecule has 200 valence electrons. The second-order valence-corrected chi connectivity index (χ2v) is 11.9. The molecule has 2 aliphatic rings. The van der Waals surface area contributed by atoms with Gasteiger partial charge in [-0.1, -0.05) is 0 Å². The molecule has 11 nitrogen and oxygen atoms in total. The zero-order valence-corrected chi connectivity index (χ0v) is 24.6. The Morgan fingerprint density at radius 1 is 1.32 bits per heavy atom. The van der Waals surface area contributed by atoms with Crippen molar-refractivity contribution in [3.05, 3.63) is 45.3 Å². The van der Waals surface area contributed by atoms with Crippen LogP contribution < -0.4 is 10.3 Å². The molecule has 2 bridgehead atoms. The molecule has 2 aliphatic heterocycles. The number of fused-ring (bicyclic) bond motifs is 5. The van der Waals surface area contributed by atoms with E-state index in [1.54, 1.807) is 9.36 Å². The first-order valence-corrected chi connectivity index (χ1v) is 16.8. The number of nitrogens with zero attached hydrogens (tertiary/aromatic N) is 7. The highest BCUT2D eigenvalue weighted by molar-refractivity contribution is 14.2. The van der Waals surface area contributed by atoms with Crippen molar-refractivity contribution in [1.82, 2.24) is 39.0 Å². The highest BCUT2D eigenvalue weighted by atomic mass is 127. The van der Waals surface area contributed by atoms with Crippen molar-refractivity contribution >= 4 is 51.5 Å². The van der Waals surface area contributed by atoms with Gasteiger partial charge in [-0.05, 0) is 73.5 Å². The van der Waals surface area contributed by atoms with Gasteiger partial charge in [0, 0.05) is 25.0 Å². The van der Waals surface area contributed by atoms with Gasteiger partial charge in [-0.2, -0.15) is 10.2 Å². The predicted octanol–water partition coefficient (Wildman–Crippen LogP) is 3.33. The fraction of sp³-hybridized carbons (Fsp3) is 0.440. The number of aliphatic hydroxyl groups excluding tert-OH is 1. The van der Waals surface area contributed by atoms with Crippen molar-refractivity contribution in [1.29, 1.82) is 0 Å². The van der Waals surface area contributed by atoms with Crippen LogP contribution in [0.25, 0.3) is 34.3 Å². The van der Waals surface area contributed by atoms with Gasteiger partial charge in [0.25, 0.3) is 5.56 Å². The van der Waals surface area contributed by atoms with E-state index in [9.17, 15) is 9.90 Å². The number of hydrogen-bond acceptors (Lipinski definition) is 7. The third-order valence-corrected chi connectivity index (χ3v) is 9.43. The van der Waals surface area contributed by atoms with Gasteiger partial charge in [-0.25, -0.2) is 9.13 Å². The minimum absolute atomic E-state index is 0.0618. The molecular formula is C25H30IN8O3P. The lowest BCUT2D eigenvalue weighted by Gasteiger charge is -2.30. The summed E-state index contributed by atoms with van der Waals surface area (Å²) in [5.74, 6) is 0.698. The summed E-state index contributed by atoms with van der Waals surface area (Å²) in [6, 6.07) is 2.20. The number of hydrogen-bond donors (Lipinski definition) is 2. The molecule has 0 saturated carbocycles. The molecule has 0 aliphatic carbocycles. The van der Waals surface area contributed by atoms with E-state index < -0.39 is 0 Å². The summed E-state index contributed by atoms with van der Waals surface area (Å²) in [4.78, 5) is 20.3. The van der Waals surface area contributed by atoms with Crippen LogP contribution in [0.1, 0.15) is 42.4 Å². The Morgan fingerprint density at radius 2 is 2.16 bits per heavy atom. The van der Waals surface area contributed by atoms with Crippen molar-refractivity contribution in [2.45, 2.75) is 51.9 Å². The molecule has 1 fully saturated rings. The highest BCUT2D eigenvalue weighted by Gasteiger charge is 2.34. The monoisotopic (exact) mass is 648 g/mol. The van der Waals surface area contributed by atoms with Crippen molar-refractivity contribution in [3.63, 3.8) is 0 Å². The molecular weight excluding hydrogens is 618 g/mol. The summed E-state index contributed by atoms with van der Waals surface area (Å²) in [6.07, 6.45) is 7.95. The number of aromatic nitrogens is 7. The molecule has 13 heteroatoms. The van der Waals surface area contributed by atoms with E-state index in [4.69, 9.17) is 14.8 Å². The number of aryl methyl sites for hydroxylation is 2. The van der Waals surface area contributed by atoms with Crippen molar-refractivity contribution in [2.24, 2.45) is 7.05 Å². The Morgan fingerprint density at radius 3 is 2.95 bits per heavy atom. The lowest BCUT2D eigenvalue weighted by atomic mass is 10.1. The number of aliphatic hydroxyl groups is 1. The zero-order chi connectivity index (χ0) is 26.6. The quantitative estimate of drug-likeness (QED) is 0.259. The first kappa shape index (κ1) is 25.7. The molecule has 0 spiro atoms. The number of pyridine rings is 1. The van der Waals surface area contributed by atoms with E-state index in [2.05, 4.69) is 44.1 Å². The van der Waals surface area contributed by atoms with E-state index in [-0.39, 0.29) is 24.3 Å². The van der Waals surface area contributed by atoms with Gasteiger partial charge >= 0.3 is 0 Å². The van der Waals surface area contributed by atoms with E-state index >= 15 is 0 Å². The molecule has 0 radical (unpaired) electrons. The normalized spacial score (nSPS) is 20.9. The first-order chi connectivity index (χ1) is 18.4. The van der Waals surface area contributed by atoms with Crippen LogP contribution in [0.3, 0.4) is 0 Å². The molecule has 1 saturated heterocycles. The molecule has 6 rings (SSSR count). The van der Waals surface area contributed by atoms with Crippen molar-refractivity contribution in [2.75, 3.05) is 13.2 Å². The SMILES string of the molecule is Cc1nn(C)c2c1-c1cc3c(nn(PI)c3cn1)/C=C/c1c(n(CCO)[nH]c1=O)CN1CCCC1C(C)O2. The maximum Gasteiger partial charge on any atom is 0.271 e. The van der Waals surface area contributed by atoms with Crippen LogP contribution in [-0.2, 0) is 20.1 Å². The average molecular weight is 648 g/mol. The Bertz CT molecular complexity index is 1600. The highest BCUT2D eigenvalue weighted by Crippen LogP contribution is 2.38. The summed E-state index contributed by atoms with van der Waals surface area (Å²) in [6.45, 7) is 5.82. The predicted molar refractivity (Wildman–Crippen MR) is 157 cm³/mol. The van der Waals surface area contributed by atoms with Crippen molar-refractivity contribution < 1.29 is 9.84 Å². The smallest absolute Gasteiger partial charge is 0.271 e. The van der Waals surface area contributed by atoms with Gasteiger partial charge in [0.15, 0.2) is 0 Å². The van der Waals surface area contributed by atoms with Gasteiger partial charge in [0.2, 0.25) is 5.88 Å². The third kappa shape index (κ3) is 4.31. The van der Waals surface area contributed by atoms with Crippen LogP contribution in [0.2, 0.25) is 0 Å². The standard InChI is InChI=1S/C25H30IN8O3P/c1-14-23-19-11-17-18(29-34(38-26)21(17)12-27-19)7-6-16-22(33(9-10-35)30-24(16)36)13-32-8-4-5-20(32)15(2)37-25(23)31(3)28-14/h6-7,11-12,15,20,35,38H,4-5,8-10,13H2,1-3H3,(H,30,36)/b7-6+. The van der Waals surface area contributed by atoms with Gasteiger partial charge in [0.1, 0.15) is 6.10 Å². The summed E-state index contributed by atoms with van der Waals surface area (Å²) in [5, 5.41) is 23.1. The lowest BCUT2D eigenvalue weighted by Crippen LogP contribution is -2.41. The van der Waals surface area contributed by atoms with E-state index in [1.165, 1.54) is 0 Å². The Labute approximate surface area is 234 Å². The summed E-state index contributed by atoms with van der Waals surface area (Å²) >= 11 is 2.31. The third-order valence-electron chi connectivity index (χ3n) is 7.56. The number of ether oxygens (including phenoxy) is 1. The Balaban J connectivity index is 1.59. The van der Waals surface area contributed by atoms with E-state index in [0.717, 1.165) is 58.6 Å². The molecule has 4 aromatic rings. The lowest BCUT2D eigenvalue weighted by molar-refractivity contribution is 0.0920. The van der Waals surface area contributed by atoms with E-state index in [1.807, 2.05) is 42.8 Å². The van der Waals surface area contributed by atoms with Gasteiger partial charge in [0.05, 0.1) is 65.1 Å². The molecule has 38 heavy (non-hydrogen) atoms. The van der Waals surface area contributed by atoms with E-state index in [0.29, 0.717) is 30.9 Å². The number of H-pyrrole nitrogens is 1. The van der Waals surface area contributed by atoms with Crippen LogP contribution in [-0.4, -0.2) is 69.4 Å². The number of nitrogens with one attached hydrogen (secondary N) is 1. The summed E-state index contributed by atoms with van der Waals surface area (Å²) < 4.78 is 12.2. The fourth-order valence-corrected chi connectivity index (χ4v) is 7.30. The number of halogens is 1. The van der Waals surface area contributed by atoms with Gasteiger partial charge < -0.3 is 9.84 Å². The van der Waals surface area contributed by atoms with Gasteiger partial charge in [-0.3, -0.25) is 24.5 Å². The minimum atomic E-state index is -0.176. The molecule has 0 amide bonds. The number of rotatable bonds is 3. The largest absolute Gasteiger partial charge is 0.473 e. The molecule has 0 aromatic carbocycles. The summed E-state index contributed by atoms with van der Waals surface area (Å²) in [7, 11) is 1.90. The molecule has 3 unspecified atom stereocenters. The molecule has 4 aromatic heterocycles. The zero-order valence-electron chi connectivity index (χ0n) is 21.5. The Kier molecular flexibility index (Phi) is 6.91. The van der Waals surface area contributed by atoms with Crippen molar-refractivity contribution in [3.8, 4) is 17.1 Å². The van der Waals surface area contributed by atoms with Crippen LogP contribution in [0.15, 0.2) is 17.1 Å². The first-order valence-electron chi connectivity index (χ1n) is 12.7. The Hall–Kier alpha value is -2.54. The maximum atomic E-state index is 13.1.